The number of thioether (sulfide) groups is 1. The fraction of sp³-hybridized carbons (Fsp3) is 0.500. The van der Waals surface area contributed by atoms with Gasteiger partial charge in [-0.15, -0.1) is 11.3 Å². The molecule has 2 aromatic heterocycles. The van der Waals surface area contributed by atoms with Crippen LogP contribution in [0.25, 0.3) is 10.2 Å². The Bertz CT molecular complexity index is 498. The van der Waals surface area contributed by atoms with Crippen molar-refractivity contribution >= 4 is 45.1 Å². The lowest BCUT2D eigenvalue weighted by atomic mass is 10.2. The molecule has 0 atom stereocenters. The first-order valence-corrected chi connectivity index (χ1v) is 8.32. The second-order valence-corrected chi connectivity index (χ2v) is 5.93. The fourth-order valence-electron chi connectivity index (χ4n) is 1.76. The Morgan fingerprint density at radius 1 is 1.33 bits per heavy atom. The van der Waals surface area contributed by atoms with Crippen LogP contribution in [0.3, 0.4) is 0 Å². The second kappa shape index (κ2) is 6.80. The van der Waals surface area contributed by atoms with Crippen molar-refractivity contribution in [2.45, 2.75) is 19.3 Å². The lowest BCUT2D eigenvalue weighted by Crippen LogP contribution is -2.06. The SMILES string of the molecule is CSCCCCCNc1nc(N)nc2sccc12. The van der Waals surface area contributed by atoms with Gasteiger partial charge in [-0.05, 0) is 36.3 Å². The number of fused-ring (bicyclic) bond motifs is 1. The number of rotatable bonds is 7. The van der Waals surface area contributed by atoms with E-state index >= 15 is 0 Å². The van der Waals surface area contributed by atoms with E-state index in [0.29, 0.717) is 5.95 Å². The first kappa shape index (κ1) is 13.4. The van der Waals surface area contributed by atoms with E-state index in [-0.39, 0.29) is 0 Å². The lowest BCUT2D eigenvalue weighted by molar-refractivity contribution is 0.749. The number of aromatic nitrogens is 2. The van der Waals surface area contributed by atoms with Crippen LogP contribution < -0.4 is 11.1 Å². The van der Waals surface area contributed by atoms with Crippen LogP contribution in [0.15, 0.2) is 11.4 Å². The van der Waals surface area contributed by atoms with Gasteiger partial charge < -0.3 is 11.1 Å². The highest BCUT2D eigenvalue weighted by Gasteiger charge is 2.06. The molecule has 0 aromatic carbocycles. The van der Waals surface area contributed by atoms with Crippen LogP contribution in [0.1, 0.15) is 19.3 Å². The molecule has 2 rings (SSSR count). The zero-order valence-electron chi connectivity index (χ0n) is 10.5. The maximum Gasteiger partial charge on any atom is 0.223 e. The van der Waals surface area contributed by atoms with Crippen molar-refractivity contribution in [2.75, 3.05) is 29.6 Å². The number of nitrogen functional groups attached to an aromatic ring is 1. The van der Waals surface area contributed by atoms with E-state index in [1.165, 1.54) is 18.6 Å². The van der Waals surface area contributed by atoms with Gasteiger partial charge in [-0.2, -0.15) is 16.7 Å². The van der Waals surface area contributed by atoms with Crippen LogP contribution in [-0.4, -0.2) is 28.5 Å². The first-order valence-electron chi connectivity index (χ1n) is 6.05. The molecule has 0 bridgehead atoms. The Morgan fingerprint density at radius 2 is 2.22 bits per heavy atom. The molecule has 0 aliphatic carbocycles. The highest BCUT2D eigenvalue weighted by Crippen LogP contribution is 2.25. The molecule has 98 valence electrons. The third-order valence-corrected chi connectivity index (χ3v) is 4.16. The molecule has 0 spiro atoms. The van der Waals surface area contributed by atoms with Gasteiger partial charge in [0.25, 0.3) is 0 Å². The summed E-state index contributed by atoms with van der Waals surface area (Å²) in [5, 5.41) is 6.44. The number of nitrogens with one attached hydrogen (secondary N) is 1. The molecule has 0 saturated heterocycles. The summed E-state index contributed by atoms with van der Waals surface area (Å²) >= 11 is 3.50. The summed E-state index contributed by atoms with van der Waals surface area (Å²) in [6.07, 6.45) is 5.84. The smallest absolute Gasteiger partial charge is 0.223 e. The van der Waals surface area contributed by atoms with Crippen molar-refractivity contribution < 1.29 is 0 Å². The van der Waals surface area contributed by atoms with E-state index in [9.17, 15) is 0 Å². The third-order valence-electron chi connectivity index (χ3n) is 2.66. The van der Waals surface area contributed by atoms with Crippen molar-refractivity contribution in [2.24, 2.45) is 0 Å². The number of thiophene rings is 1. The van der Waals surface area contributed by atoms with Crippen LogP contribution in [-0.2, 0) is 0 Å². The van der Waals surface area contributed by atoms with Crippen molar-refractivity contribution in [3.63, 3.8) is 0 Å². The van der Waals surface area contributed by atoms with E-state index in [1.807, 2.05) is 23.2 Å². The van der Waals surface area contributed by atoms with Gasteiger partial charge in [-0.1, -0.05) is 6.42 Å². The molecule has 0 amide bonds. The molecule has 0 radical (unpaired) electrons. The van der Waals surface area contributed by atoms with E-state index in [1.54, 1.807) is 11.3 Å². The fourth-order valence-corrected chi connectivity index (χ4v) is 3.03. The van der Waals surface area contributed by atoms with Gasteiger partial charge in [0.05, 0.1) is 5.39 Å². The first-order chi connectivity index (χ1) is 8.81. The molecule has 0 aliphatic heterocycles. The average molecular weight is 282 g/mol. The van der Waals surface area contributed by atoms with E-state index < -0.39 is 0 Å². The summed E-state index contributed by atoms with van der Waals surface area (Å²) in [6, 6.07) is 2.04. The summed E-state index contributed by atoms with van der Waals surface area (Å²) in [4.78, 5) is 9.42. The topological polar surface area (TPSA) is 63.8 Å². The minimum absolute atomic E-state index is 0.342. The quantitative estimate of drug-likeness (QED) is 0.763. The van der Waals surface area contributed by atoms with Crippen molar-refractivity contribution in [1.29, 1.82) is 0 Å². The van der Waals surface area contributed by atoms with Gasteiger partial charge in [0.1, 0.15) is 10.6 Å². The number of nitrogens with zero attached hydrogens (tertiary/aromatic N) is 2. The zero-order valence-corrected chi connectivity index (χ0v) is 12.1. The van der Waals surface area contributed by atoms with Crippen molar-refractivity contribution in [1.82, 2.24) is 9.97 Å². The highest BCUT2D eigenvalue weighted by molar-refractivity contribution is 7.98. The predicted molar refractivity (Wildman–Crippen MR) is 82.6 cm³/mol. The Balaban J connectivity index is 1.89. The second-order valence-electron chi connectivity index (χ2n) is 4.05. The molecule has 0 unspecified atom stereocenters. The van der Waals surface area contributed by atoms with Gasteiger partial charge in [0, 0.05) is 6.54 Å². The number of hydrogen-bond acceptors (Lipinski definition) is 6. The predicted octanol–water partition coefficient (Wildman–Crippen LogP) is 3.22. The Morgan fingerprint density at radius 3 is 3.06 bits per heavy atom. The normalized spacial score (nSPS) is 10.9. The molecule has 2 heterocycles. The maximum absolute atomic E-state index is 5.70. The van der Waals surface area contributed by atoms with E-state index in [0.717, 1.165) is 29.0 Å². The minimum Gasteiger partial charge on any atom is -0.369 e. The number of unbranched alkanes of at least 4 members (excludes halogenated alkanes) is 2. The van der Waals surface area contributed by atoms with Crippen LogP contribution in [0, 0.1) is 0 Å². The lowest BCUT2D eigenvalue weighted by Gasteiger charge is -2.07. The van der Waals surface area contributed by atoms with Gasteiger partial charge in [0.15, 0.2) is 0 Å². The summed E-state index contributed by atoms with van der Waals surface area (Å²) in [7, 11) is 0. The number of nitrogens with two attached hydrogens (primary N) is 1. The van der Waals surface area contributed by atoms with E-state index in [2.05, 4.69) is 21.5 Å². The number of hydrogen-bond donors (Lipinski definition) is 2. The summed E-state index contributed by atoms with van der Waals surface area (Å²) in [6.45, 7) is 0.940. The highest BCUT2D eigenvalue weighted by atomic mass is 32.2. The summed E-state index contributed by atoms with van der Waals surface area (Å²) in [5.74, 6) is 2.45. The van der Waals surface area contributed by atoms with Gasteiger partial charge in [-0.3, -0.25) is 0 Å². The summed E-state index contributed by atoms with van der Waals surface area (Å²) < 4.78 is 0. The van der Waals surface area contributed by atoms with Crippen LogP contribution in [0.4, 0.5) is 11.8 Å². The van der Waals surface area contributed by atoms with Crippen LogP contribution >= 0.6 is 23.1 Å². The van der Waals surface area contributed by atoms with Crippen LogP contribution in [0.5, 0.6) is 0 Å². The summed E-state index contributed by atoms with van der Waals surface area (Å²) in [5.41, 5.74) is 5.70. The van der Waals surface area contributed by atoms with Crippen molar-refractivity contribution in [3.8, 4) is 0 Å². The van der Waals surface area contributed by atoms with Gasteiger partial charge in [-0.25, -0.2) is 4.98 Å². The van der Waals surface area contributed by atoms with Crippen molar-refractivity contribution in [3.05, 3.63) is 11.4 Å². The van der Waals surface area contributed by atoms with Gasteiger partial charge >= 0.3 is 0 Å². The third kappa shape index (κ3) is 3.49. The average Bonchev–Trinajstić information content (AvgIpc) is 2.81. The Hall–Kier alpha value is -1.01. The number of anilines is 2. The minimum atomic E-state index is 0.342. The largest absolute Gasteiger partial charge is 0.369 e. The van der Waals surface area contributed by atoms with Gasteiger partial charge in [0.2, 0.25) is 5.95 Å². The zero-order chi connectivity index (χ0) is 12.8. The Kier molecular flexibility index (Phi) is 5.07. The molecule has 0 aliphatic rings. The molecule has 6 heteroatoms. The standard InChI is InChI=1S/C12H18N4S2/c1-17-7-4-2-3-6-14-10-9-5-8-18-11(9)16-12(13)15-10/h5,8H,2-4,6-7H2,1H3,(H3,13,14,15,16). The van der Waals surface area contributed by atoms with E-state index in [4.69, 9.17) is 5.73 Å². The molecular weight excluding hydrogens is 264 g/mol. The molecule has 3 N–H and O–H groups in total. The molecule has 0 saturated carbocycles. The molecule has 2 aromatic rings. The molecule has 18 heavy (non-hydrogen) atoms. The molecular formula is C12H18N4S2. The Labute approximate surface area is 115 Å². The van der Waals surface area contributed by atoms with Crippen LogP contribution in [0.2, 0.25) is 0 Å². The monoisotopic (exact) mass is 282 g/mol. The maximum atomic E-state index is 5.70. The molecule has 4 nitrogen and oxygen atoms in total. The molecule has 0 fully saturated rings.